The third kappa shape index (κ3) is 4.07. The van der Waals surface area contributed by atoms with Gasteiger partial charge in [0.15, 0.2) is 0 Å². The summed E-state index contributed by atoms with van der Waals surface area (Å²) in [7, 11) is 0. The van der Waals surface area contributed by atoms with Gasteiger partial charge in [0.2, 0.25) is 17.7 Å². The molecule has 112 valence electrons. The molecule has 1 saturated heterocycles. The molecule has 1 fully saturated rings. The maximum absolute atomic E-state index is 12.2. The Morgan fingerprint density at radius 2 is 2.05 bits per heavy atom. The third-order valence-electron chi connectivity index (χ3n) is 3.30. The van der Waals surface area contributed by atoms with E-state index in [2.05, 4.69) is 5.32 Å². The fourth-order valence-electron chi connectivity index (χ4n) is 2.25. The normalized spacial score (nSPS) is 18.5. The Kier molecular flexibility index (Phi) is 5.38. The Morgan fingerprint density at radius 3 is 2.71 bits per heavy atom. The number of benzene rings is 1. The summed E-state index contributed by atoms with van der Waals surface area (Å²) in [5, 5.41) is 2.27. The number of carbonyl (C=O) groups excluding carboxylic acids is 3. The topological polar surface area (TPSA) is 66.5 Å². The van der Waals surface area contributed by atoms with Gasteiger partial charge in [-0.3, -0.25) is 19.7 Å². The minimum Gasteiger partial charge on any atom is -0.321 e. The van der Waals surface area contributed by atoms with Crippen molar-refractivity contribution in [2.24, 2.45) is 0 Å². The lowest BCUT2D eigenvalue weighted by Gasteiger charge is -2.33. The van der Waals surface area contributed by atoms with Crippen LogP contribution in [0.2, 0.25) is 0 Å². The molecule has 3 amide bonds. The largest absolute Gasteiger partial charge is 0.321 e. The van der Waals surface area contributed by atoms with Crippen molar-refractivity contribution in [1.29, 1.82) is 0 Å². The average molecular weight is 306 g/mol. The van der Waals surface area contributed by atoms with E-state index >= 15 is 0 Å². The van der Waals surface area contributed by atoms with Gasteiger partial charge in [0.1, 0.15) is 12.6 Å². The summed E-state index contributed by atoms with van der Waals surface area (Å²) >= 11 is 1.49. The van der Waals surface area contributed by atoms with Gasteiger partial charge in [-0.15, -0.1) is 11.8 Å². The van der Waals surface area contributed by atoms with Crippen molar-refractivity contribution >= 4 is 29.5 Å². The maximum atomic E-state index is 12.2. The molecule has 0 saturated carbocycles. The number of amides is 3. The number of thioether (sulfide) groups is 1. The summed E-state index contributed by atoms with van der Waals surface area (Å²) in [6.07, 6.45) is 0.508. The second-order valence-electron chi connectivity index (χ2n) is 4.84. The Bertz CT molecular complexity index is 533. The summed E-state index contributed by atoms with van der Waals surface area (Å²) in [5.41, 5.74) is 1.15. The van der Waals surface area contributed by atoms with E-state index in [9.17, 15) is 14.4 Å². The molecule has 0 radical (unpaired) electrons. The van der Waals surface area contributed by atoms with E-state index in [1.54, 1.807) is 0 Å². The highest BCUT2D eigenvalue weighted by Gasteiger charge is 2.35. The van der Waals surface area contributed by atoms with E-state index in [4.69, 9.17) is 0 Å². The van der Waals surface area contributed by atoms with E-state index in [-0.39, 0.29) is 24.1 Å². The molecular formula is C15H18N2O3S. The molecule has 0 aliphatic carbocycles. The molecule has 5 nitrogen and oxygen atoms in total. The number of piperazine rings is 1. The van der Waals surface area contributed by atoms with Gasteiger partial charge < -0.3 is 4.90 Å². The highest BCUT2D eigenvalue weighted by molar-refractivity contribution is 7.99. The van der Waals surface area contributed by atoms with Gasteiger partial charge in [0.05, 0.1) is 5.75 Å². The molecule has 6 heteroatoms. The second-order valence-corrected chi connectivity index (χ2v) is 5.82. The fraction of sp³-hybridized carbons (Fsp3) is 0.400. The predicted molar refractivity (Wildman–Crippen MR) is 81.5 cm³/mol. The van der Waals surface area contributed by atoms with Crippen LogP contribution >= 0.6 is 11.8 Å². The van der Waals surface area contributed by atoms with Crippen molar-refractivity contribution in [2.75, 3.05) is 12.3 Å². The minimum absolute atomic E-state index is 0.0328. The van der Waals surface area contributed by atoms with Crippen LogP contribution in [0, 0.1) is 0 Å². The fourth-order valence-corrected chi connectivity index (χ4v) is 3.12. The Balaban J connectivity index is 1.89. The number of hydrogen-bond acceptors (Lipinski definition) is 4. The standard InChI is InChI=1S/C15H18N2O3S/c1-2-12-15(20)16-13(18)8-17(12)14(19)10-21-9-11-6-4-3-5-7-11/h3-7,12H,2,8-10H2,1H3,(H,16,18,20). The highest BCUT2D eigenvalue weighted by atomic mass is 32.2. The van der Waals surface area contributed by atoms with Gasteiger partial charge in [-0.2, -0.15) is 0 Å². The van der Waals surface area contributed by atoms with Crippen LogP contribution < -0.4 is 5.32 Å². The molecule has 1 aliphatic rings. The summed E-state index contributed by atoms with van der Waals surface area (Å²) in [4.78, 5) is 36.7. The summed E-state index contributed by atoms with van der Waals surface area (Å²) in [6.45, 7) is 1.80. The summed E-state index contributed by atoms with van der Waals surface area (Å²) < 4.78 is 0. The van der Waals surface area contributed by atoms with Crippen LogP contribution in [-0.2, 0) is 20.1 Å². The molecule has 1 aliphatic heterocycles. The molecule has 21 heavy (non-hydrogen) atoms. The van der Waals surface area contributed by atoms with Crippen molar-refractivity contribution in [2.45, 2.75) is 25.1 Å². The summed E-state index contributed by atoms with van der Waals surface area (Å²) in [5.74, 6) is 0.0517. The molecule has 1 N–H and O–H groups in total. The van der Waals surface area contributed by atoms with Crippen molar-refractivity contribution in [3.8, 4) is 0 Å². The molecule has 1 atom stereocenters. The van der Waals surface area contributed by atoms with Crippen molar-refractivity contribution in [1.82, 2.24) is 10.2 Å². The minimum atomic E-state index is -0.535. The first-order chi connectivity index (χ1) is 10.1. The van der Waals surface area contributed by atoms with Gasteiger partial charge in [0, 0.05) is 5.75 Å². The first kappa shape index (κ1) is 15.6. The van der Waals surface area contributed by atoms with Gasteiger partial charge in [-0.05, 0) is 12.0 Å². The molecule has 1 aromatic rings. The number of hydrogen-bond donors (Lipinski definition) is 1. The van der Waals surface area contributed by atoms with Crippen LogP contribution in [0.15, 0.2) is 30.3 Å². The van der Waals surface area contributed by atoms with Gasteiger partial charge in [-0.25, -0.2) is 0 Å². The monoisotopic (exact) mass is 306 g/mol. The van der Waals surface area contributed by atoms with E-state index < -0.39 is 11.9 Å². The van der Waals surface area contributed by atoms with E-state index in [1.165, 1.54) is 16.7 Å². The molecule has 1 heterocycles. The molecule has 0 spiro atoms. The average Bonchev–Trinajstić information content (AvgIpc) is 2.47. The maximum Gasteiger partial charge on any atom is 0.249 e. The Morgan fingerprint density at radius 1 is 1.33 bits per heavy atom. The molecule has 0 bridgehead atoms. The third-order valence-corrected chi connectivity index (χ3v) is 4.29. The molecular weight excluding hydrogens is 288 g/mol. The number of imide groups is 1. The van der Waals surface area contributed by atoms with E-state index in [1.807, 2.05) is 37.3 Å². The second kappa shape index (κ2) is 7.26. The van der Waals surface area contributed by atoms with Gasteiger partial charge >= 0.3 is 0 Å². The zero-order chi connectivity index (χ0) is 15.2. The summed E-state index contributed by atoms with van der Waals surface area (Å²) in [6, 6.07) is 9.33. The van der Waals surface area contributed by atoms with Gasteiger partial charge in [0.25, 0.3) is 0 Å². The van der Waals surface area contributed by atoms with Crippen LogP contribution in [0.25, 0.3) is 0 Å². The number of carbonyl (C=O) groups is 3. The Hall–Kier alpha value is -1.82. The van der Waals surface area contributed by atoms with Crippen molar-refractivity contribution in [3.63, 3.8) is 0 Å². The lowest BCUT2D eigenvalue weighted by Crippen LogP contribution is -2.59. The predicted octanol–water partition coefficient (Wildman–Crippen LogP) is 1.18. The van der Waals surface area contributed by atoms with Crippen molar-refractivity contribution < 1.29 is 14.4 Å². The number of nitrogens with one attached hydrogen (secondary N) is 1. The van der Waals surface area contributed by atoms with Crippen LogP contribution in [0.5, 0.6) is 0 Å². The lowest BCUT2D eigenvalue weighted by molar-refractivity contribution is -0.148. The zero-order valence-electron chi connectivity index (χ0n) is 11.9. The highest BCUT2D eigenvalue weighted by Crippen LogP contribution is 2.15. The molecule has 0 aromatic heterocycles. The lowest BCUT2D eigenvalue weighted by atomic mass is 10.1. The first-order valence-electron chi connectivity index (χ1n) is 6.86. The first-order valence-corrected chi connectivity index (χ1v) is 8.02. The van der Waals surface area contributed by atoms with Crippen LogP contribution in [0.3, 0.4) is 0 Å². The van der Waals surface area contributed by atoms with Crippen LogP contribution in [0.4, 0.5) is 0 Å². The molecule has 1 unspecified atom stereocenters. The van der Waals surface area contributed by atoms with Crippen LogP contribution in [-0.4, -0.2) is 41.0 Å². The van der Waals surface area contributed by atoms with Gasteiger partial charge in [-0.1, -0.05) is 37.3 Å². The van der Waals surface area contributed by atoms with E-state index in [0.29, 0.717) is 6.42 Å². The molecule has 1 aromatic carbocycles. The Labute approximate surface area is 128 Å². The van der Waals surface area contributed by atoms with Crippen LogP contribution in [0.1, 0.15) is 18.9 Å². The van der Waals surface area contributed by atoms with E-state index in [0.717, 1.165) is 11.3 Å². The quantitative estimate of drug-likeness (QED) is 0.830. The van der Waals surface area contributed by atoms with Crippen molar-refractivity contribution in [3.05, 3.63) is 35.9 Å². The SMILES string of the molecule is CCC1C(=O)NC(=O)CN1C(=O)CSCc1ccccc1. The smallest absolute Gasteiger partial charge is 0.249 e. The number of nitrogens with zero attached hydrogens (tertiary/aromatic N) is 1. The number of rotatable bonds is 5. The molecule has 2 rings (SSSR count). The zero-order valence-corrected chi connectivity index (χ0v) is 12.7.